The van der Waals surface area contributed by atoms with E-state index in [4.69, 9.17) is 32.9 Å². The number of amides is 2. The Kier molecular flexibility index (Phi) is 71.6. The molecule has 22 nitrogen and oxygen atoms in total. The maximum atomic E-state index is 14.8. The summed E-state index contributed by atoms with van der Waals surface area (Å²) in [7, 11) is -5.56. The quantitative estimate of drug-likeness (QED) is 0.0143. The molecule has 9 atom stereocenters. The van der Waals surface area contributed by atoms with Gasteiger partial charge in [-0.15, -0.1) is 0 Å². The molecule has 0 aromatic rings. The summed E-state index contributed by atoms with van der Waals surface area (Å²) in [5.74, 6) is -5.54. The highest BCUT2D eigenvalue weighted by molar-refractivity contribution is 7.46. The van der Waals surface area contributed by atoms with Gasteiger partial charge in [-0.25, -0.2) is 9.36 Å². The monoisotopic (exact) mass is 1590 g/mol. The van der Waals surface area contributed by atoms with Crippen molar-refractivity contribution < 1.29 is 91.1 Å². The Morgan fingerprint density at radius 3 is 0.991 bits per heavy atom. The molecule has 0 aromatic heterocycles. The van der Waals surface area contributed by atoms with Gasteiger partial charge < -0.3 is 64.0 Å². The molecule has 1 aliphatic rings. The molecule has 1 heterocycles. The first kappa shape index (κ1) is 106. The van der Waals surface area contributed by atoms with Crippen LogP contribution in [0.1, 0.15) is 428 Å². The van der Waals surface area contributed by atoms with Crippen molar-refractivity contribution in [2.75, 3.05) is 32.8 Å². The fourth-order valence-electron chi connectivity index (χ4n) is 14.2. The van der Waals surface area contributed by atoms with Gasteiger partial charge in [-0.05, 0) is 77.4 Å². The van der Waals surface area contributed by atoms with E-state index in [0.717, 1.165) is 225 Å². The maximum Gasteiger partial charge on any atom is 0.470 e. The summed E-state index contributed by atoms with van der Waals surface area (Å²) in [5.41, 5.74) is 0. The Hall–Kier alpha value is -3.76. The highest BCUT2D eigenvalue weighted by Crippen LogP contribution is 2.42. The Morgan fingerprint density at radius 2 is 0.700 bits per heavy atom. The van der Waals surface area contributed by atoms with E-state index < -0.39 is 131 Å². The number of hydrogen-bond acceptors (Lipinski definition) is 17. The molecular weight excluding hydrogens is 1420 g/mol. The smallest absolute Gasteiger partial charge is 0.470 e. The second-order valence-electron chi connectivity index (χ2n) is 31.2. The molecule has 0 aliphatic carbocycles. The van der Waals surface area contributed by atoms with E-state index in [-0.39, 0.29) is 32.1 Å². The first-order valence-corrected chi connectivity index (χ1v) is 46.7. The van der Waals surface area contributed by atoms with Crippen molar-refractivity contribution in [2.45, 2.75) is 483 Å². The van der Waals surface area contributed by atoms with Crippen molar-refractivity contribution in [3.63, 3.8) is 0 Å². The zero-order chi connectivity index (χ0) is 81.5. The topological polar surface area (TPSA) is 309 Å². The van der Waals surface area contributed by atoms with Crippen LogP contribution in [0.4, 0.5) is 0 Å². The van der Waals surface area contributed by atoms with Crippen LogP contribution in [-0.2, 0) is 71.1 Å². The lowest BCUT2D eigenvalue weighted by Gasteiger charge is -2.45. The van der Waals surface area contributed by atoms with E-state index in [0.29, 0.717) is 51.4 Å². The average molecular weight is 1590 g/mol. The largest absolute Gasteiger partial charge is 0.480 e. The summed E-state index contributed by atoms with van der Waals surface area (Å²) in [4.78, 5) is 121. The number of aliphatic hydroxyl groups excluding tert-OH is 1. The van der Waals surface area contributed by atoms with Gasteiger partial charge in [-0.3, -0.25) is 33.3 Å². The number of carboxylic acid groups (broad SMARTS) is 1. The zero-order valence-electron chi connectivity index (χ0n) is 71.3. The number of esters is 4. The predicted octanol–water partition coefficient (Wildman–Crippen LogP) is 20.6. The Morgan fingerprint density at radius 1 is 0.400 bits per heavy atom. The molecule has 0 radical (unpaired) electrons. The van der Waals surface area contributed by atoms with Crippen LogP contribution in [0.25, 0.3) is 0 Å². The molecular formula is C87H166N3O19P. The summed E-state index contributed by atoms with van der Waals surface area (Å²) in [6.45, 7) is 21.2. The Bertz CT molecular complexity index is 2270. The minimum atomic E-state index is -5.56. The summed E-state index contributed by atoms with van der Waals surface area (Å²) in [6.07, 6.45) is 38.1. The van der Waals surface area contributed by atoms with E-state index in [1.54, 1.807) is 0 Å². The predicted molar refractivity (Wildman–Crippen MR) is 440 cm³/mol. The number of carbonyl (C=O) groups excluding carboxylic acids is 6. The number of nitrogens with one attached hydrogen (secondary N) is 2. The fourth-order valence-corrected chi connectivity index (χ4v) is 14.7. The SMILES string of the molecule is CCCCCCCCCCC[C@H](CC(=O)N[C@H]1[C@H](OC[C@@H](NC(=O)C[C@@H](CCCCCCCCCCC)OC(=O)CCCCCCCCC)C(=O)O)O[C@H](CO)[C@@H](OP(=O)(O)O)[C@@H]1OC(=O)C[C@@H](CCCCCCCCCCC)OC(=O)CCCCCCCCC)OC(=O)CCCCCCCCC.CCN(CC)CC. The number of aliphatic hydroxyl groups is 1. The first-order chi connectivity index (χ1) is 53.2. The number of aliphatic carboxylic acids is 1. The van der Waals surface area contributed by atoms with Gasteiger partial charge in [0, 0.05) is 19.3 Å². The molecule has 110 heavy (non-hydrogen) atoms. The van der Waals surface area contributed by atoms with Crippen molar-refractivity contribution >= 4 is 49.5 Å². The number of hydrogen-bond donors (Lipinski definition) is 6. The molecule has 0 spiro atoms. The molecule has 0 unspecified atom stereocenters. The van der Waals surface area contributed by atoms with Gasteiger partial charge in [0.2, 0.25) is 11.8 Å². The molecule has 2 amide bonds. The van der Waals surface area contributed by atoms with E-state index in [2.05, 4.69) is 77.8 Å². The third-order valence-electron chi connectivity index (χ3n) is 21.0. The molecule has 23 heteroatoms. The highest BCUT2D eigenvalue weighted by Gasteiger charge is 2.52. The molecule has 0 bridgehead atoms. The number of phosphoric ester groups is 1. The minimum absolute atomic E-state index is 0.125. The number of nitrogens with zero attached hydrogens (tertiary/aromatic N) is 1. The molecule has 648 valence electrons. The molecule has 1 fully saturated rings. The van der Waals surface area contributed by atoms with Gasteiger partial charge in [0.15, 0.2) is 18.4 Å². The lowest BCUT2D eigenvalue weighted by atomic mass is 9.95. The van der Waals surface area contributed by atoms with E-state index >= 15 is 0 Å². The average Bonchev–Trinajstić information content (AvgIpc) is 0.780. The van der Waals surface area contributed by atoms with Crippen LogP contribution in [0.5, 0.6) is 0 Å². The van der Waals surface area contributed by atoms with Crippen LogP contribution in [0.2, 0.25) is 0 Å². The second kappa shape index (κ2) is 74.1. The van der Waals surface area contributed by atoms with Crippen LogP contribution in [0, 0.1) is 0 Å². The number of rotatable bonds is 76. The second-order valence-corrected chi connectivity index (χ2v) is 32.4. The molecule has 0 saturated carbocycles. The Labute approximate surface area is 669 Å². The summed E-state index contributed by atoms with van der Waals surface area (Å²) in [5, 5.41) is 26.9. The number of unbranched alkanes of at least 4 members (excludes halogenated alkanes) is 42. The van der Waals surface area contributed by atoms with E-state index in [1.807, 2.05) is 0 Å². The minimum Gasteiger partial charge on any atom is -0.480 e. The van der Waals surface area contributed by atoms with Crippen molar-refractivity contribution in [3.05, 3.63) is 0 Å². The summed E-state index contributed by atoms with van der Waals surface area (Å²) >= 11 is 0. The zero-order valence-corrected chi connectivity index (χ0v) is 72.2. The number of carbonyl (C=O) groups is 7. The lowest BCUT2D eigenvalue weighted by Crippen LogP contribution is -2.66. The number of carboxylic acids is 1. The summed E-state index contributed by atoms with van der Waals surface area (Å²) in [6, 6.07) is -3.60. The van der Waals surface area contributed by atoms with Crippen molar-refractivity contribution in [1.82, 2.24) is 15.5 Å². The summed E-state index contributed by atoms with van der Waals surface area (Å²) < 4.78 is 54.9. The van der Waals surface area contributed by atoms with Crippen LogP contribution < -0.4 is 10.6 Å². The van der Waals surface area contributed by atoms with Crippen LogP contribution >= 0.6 is 7.82 Å². The number of ether oxygens (including phenoxy) is 6. The molecule has 1 rings (SSSR count). The van der Waals surface area contributed by atoms with Gasteiger partial charge in [0.05, 0.1) is 32.5 Å². The van der Waals surface area contributed by atoms with E-state index in [9.17, 15) is 58.1 Å². The first-order valence-electron chi connectivity index (χ1n) is 45.1. The van der Waals surface area contributed by atoms with E-state index in [1.165, 1.54) is 64.6 Å². The number of phosphoric acid groups is 1. The standard InChI is InChI=1S/C81H151N2O19P.C6H15N/c1-7-13-19-25-31-34-40-43-49-55-66(97-73(87)58-52-46-37-28-22-16-10-4)61-71(85)82-69(80(91)92)65-96-81-77(83-72(86)62-67(56-50-44-41-35-32-26-20-14-8-2)98-74(88)59-53-47-38-29-23-17-11-5)79(78(70(64-84)100-81)102-103(93,94)95)101-76(90)63-68(57-51-45-42-36-33-27-21-15-9-3)99-75(89)60-54-48-39-30-24-18-12-6;1-4-7(5-2)6-3/h66-70,77-79,81,84H,7-65H2,1-6H3,(H,82,85)(H,83,86)(H,91,92)(H2,93,94,95);4-6H2,1-3H3/t66-,67-,68-,69-,70-,77-,78-,79-,81-;/m1./s1. The van der Waals surface area contributed by atoms with Gasteiger partial charge >= 0.3 is 37.7 Å². The van der Waals surface area contributed by atoms with Gasteiger partial charge in [0.25, 0.3) is 0 Å². The maximum absolute atomic E-state index is 14.8. The highest BCUT2D eigenvalue weighted by atomic mass is 31.2. The fraction of sp³-hybridized carbons (Fsp3) is 0.920. The molecule has 0 aromatic carbocycles. The van der Waals surface area contributed by atoms with Gasteiger partial charge in [-0.1, -0.05) is 332 Å². The van der Waals surface area contributed by atoms with Crippen LogP contribution in [0.3, 0.4) is 0 Å². The molecule has 1 aliphatic heterocycles. The van der Waals surface area contributed by atoms with Crippen LogP contribution in [-0.4, -0.2) is 154 Å². The lowest BCUT2D eigenvalue weighted by molar-refractivity contribution is -0.272. The van der Waals surface area contributed by atoms with Gasteiger partial charge in [0.1, 0.15) is 36.6 Å². The third kappa shape index (κ3) is 61.7. The van der Waals surface area contributed by atoms with Crippen molar-refractivity contribution in [1.29, 1.82) is 0 Å². The Balaban J connectivity index is 0.0000161. The van der Waals surface area contributed by atoms with Gasteiger partial charge in [-0.2, -0.15) is 0 Å². The van der Waals surface area contributed by atoms with Crippen LogP contribution in [0.15, 0.2) is 0 Å². The normalized spacial score (nSPS) is 16.8. The molecule has 6 N–H and O–H groups in total. The molecule has 1 saturated heterocycles. The van der Waals surface area contributed by atoms with Crippen molar-refractivity contribution in [3.8, 4) is 0 Å². The third-order valence-corrected chi connectivity index (χ3v) is 21.6. The van der Waals surface area contributed by atoms with Crippen molar-refractivity contribution in [2.24, 2.45) is 0 Å².